The molecule has 2 amide bonds. The molecule has 0 unspecified atom stereocenters. The first-order chi connectivity index (χ1) is 8.51. The number of rotatable bonds is 4. The van der Waals surface area contributed by atoms with Crippen LogP contribution in [0.2, 0.25) is 0 Å². The Balaban J connectivity index is 3.27. The summed E-state index contributed by atoms with van der Waals surface area (Å²) < 4.78 is 5.03. The van der Waals surface area contributed by atoms with Crippen LogP contribution in [0.4, 0.5) is 10.5 Å². The highest BCUT2D eigenvalue weighted by molar-refractivity contribution is 5.95. The maximum absolute atomic E-state index is 11.1. The van der Waals surface area contributed by atoms with E-state index in [0.717, 1.165) is 4.90 Å². The molecule has 0 aliphatic carbocycles. The van der Waals surface area contributed by atoms with Crippen LogP contribution in [0.1, 0.15) is 10.4 Å². The minimum absolute atomic E-state index is 0.123. The average Bonchev–Trinajstić information content (AvgIpc) is 2.34. The Hall–Kier alpha value is -2.68. The fraction of sp³-hybridized carbons (Fsp3) is 0.167. The van der Waals surface area contributed by atoms with Gasteiger partial charge in [0.25, 0.3) is 0 Å². The number of methoxy groups -OCH3 is 1. The highest BCUT2D eigenvalue weighted by Gasteiger charge is 2.18. The van der Waals surface area contributed by atoms with Crippen LogP contribution in [0.15, 0.2) is 18.2 Å². The average molecular weight is 248 g/mol. The van der Waals surface area contributed by atoms with E-state index in [1.54, 1.807) is 0 Å². The van der Waals surface area contributed by atoms with Gasteiger partial charge in [-0.1, -0.05) is 5.92 Å². The molecule has 0 saturated heterocycles. The number of carbonyl (C=O) groups is 2. The SMILES string of the molecule is C#CCN(C(=O)O)c1ccc(C(N)=O)cc1OC. The molecule has 1 aromatic rings. The van der Waals surface area contributed by atoms with E-state index in [0.29, 0.717) is 0 Å². The number of nitrogens with zero attached hydrogens (tertiary/aromatic N) is 1. The minimum Gasteiger partial charge on any atom is -0.495 e. The van der Waals surface area contributed by atoms with Crippen molar-refractivity contribution >= 4 is 17.7 Å². The molecule has 0 fully saturated rings. The number of benzene rings is 1. The van der Waals surface area contributed by atoms with E-state index in [1.165, 1.54) is 25.3 Å². The third-order valence-electron chi connectivity index (χ3n) is 2.24. The number of carbonyl (C=O) groups excluding carboxylic acids is 1. The molecule has 0 heterocycles. The van der Waals surface area contributed by atoms with Gasteiger partial charge in [0.15, 0.2) is 0 Å². The van der Waals surface area contributed by atoms with Crippen LogP contribution in [0, 0.1) is 12.3 Å². The van der Waals surface area contributed by atoms with E-state index in [4.69, 9.17) is 22.0 Å². The van der Waals surface area contributed by atoms with Crippen molar-refractivity contribution < 1.29 is 19.4 Å². The third kappa shape index (κ3) is 2.71. The molecule has 94 valence electrons. The lowest BCUT2D eigenvalue weighted by Crippen LogP contribution is -2.30. The number of terminal acetylenes is 1. The molecule has 0 spiro atoms. The van der Waals surface area contributed by atoms with Gasteiger partial charge in [0.2, 0.25) is 5.91 Å². The monoisotopic (exact) mass is 248 g/mol. The zero-order chi connectivity index (χ0) is 13.7. The van der Waals surface area contributed by atoms with E-state index in [2.05, 4.69) is 5.92 Å². The summed E-state index contributed by atoms with van der Waals surface area (Å²) in [6.07, 6.45) is 3.89. The van der Waals surface area contributed by atoms with Crippen molar-refractivity contribution in [3.63, 3.8) is 0 Å². The molecule has 18 heavy (non-hydrogen) atoms. The number of carboxylic acid groups (broad SMARTS) is 1. The highest BCUT2D eigenvalue weighted by atomic mass is 16.5. The Kier molecular flexibility index (Phi) is 4.16. The van der Waals surface area contributed by atoms with E-state index in [9.17, 15) is 9.59 Å². The van der Waals surface area contributed by atoms with Crippen LogP contribution < -0.4 is 15.4 Å². The third-order valence-corrected chi connectivity index (χ3v) is 2.24. The molecule has 0 aromatic heterocycles. The summed E-state index contributed by atoms with van der Waals surface area (Å²) in [4.78, 5) is 23.0. The van der Waals surface area contributed by atoms with Gasteiger partial charge in [0, 0.05) is 5.56 Å². The summed E-state index contributed by atoms with van der Waals surface area (Å²) in [6, 6.07) is 4.20. The van der Waals surface area contributed by atoms with Gasteiger partial charge >= 0.3 is 6.09 Å². The fourth-order valence-electron chi connectivity index (χ4n) is 1.40. The van der Waals surface area contributed by atoms with Crippen molar-refractivity contribution in [2.45, 2.75) is 0 Å². The van der Waals surface area contributed by atoms with Gasteiger partial charge in [0.05, 0.1) is 19.3 Å². The molecule has 3 N–H and O–H groups in total. The van der Waals surface area contributed by atoms with Crippen LogP contribution in [-0.2, 0) is 0 Å². The summed E-state index contributed by atoms with van der Waals surface area (Å²) >= 11 is 0. The van der Waals surface area contributed by atoms with Crippen LogP contribution >= 0.6 is 0 Å². The summed E-state index contributed by atoms with van der Waals surface area (Å²) in [6.45, 7) is -0.123. The predicted octanol–water partition coefficient (Wildman–Crippen LogP) is 0.912. The first-order valence-corrected chi connectivity index (χ1v) is 4.93. The summed E-state index contributed by atoms with van der Waals surface area (Å²) in [5.74, 6) is 1.82. The van der Waals surface area contributed by atoms with E-state index < -0.39 is 12.0 Å². The van der Waals surface area contributed by atoms with Crippen LogP contribution in [-0.4, -0.2) is 30.8 Å². The van der Waals surface area contributed by atoms with Crippen LogP contribution in [0.25, 0.3) is 0 Å². The molecule has 0 saturated carbocycles. The molecule has 0 atom stereocenters. The van der Waals surface area contributed by atoms with Crippen LogP contribution in [0.3, 0.4) is 0 Å². The largest absolute Gasteiger partial charge is 0.495 e. The molecule has 0 radical (unpaired) electrons. The number of nitrogens with two attached hydrogens (primary N) is 1. The maximum Gasteiger partial charge on any atom is 0.412 e. The molecular formula is C12H12N2O4. The lowest BCUT2D eigenvalue weighted by atomic mass is 10.1. The fourth-order valence-corrected chi connectivity index (χ4v) is 1.40. The molecule has 6 nitrogen and oxygen atoms in total. The topological polar surface area (TPSA) is 92.9 Å². The quantitative estimate of drug-likeness (QED) is 0.774. The van der Waals surface area contributed by atoms with Crippen LogP contribution in [0.5, 0.6) is 5.75 Å². The Morgan fingerprint density at radius 3 is 2.67 bits per heavy atom. The van der Waals surface area contributed by atoms with E-state index in [-0.39, 0.29) is 23.5 Å². The molecule has 1 aromatic carbocycles. The Labute approximate surface area is 104 Å². The van der Waals surface area contributed by atoms with Crippen molar-refractivity contribution in [1.82, 2.24) is 0 Å². The number of hydrogen-bond acceptors (Lipinski definition) is 3. The van der Waals surface area contributed by atoms with E-state index in [1.807, 2.05) is 0 Å². The second-order valence-electron chi connectivity index (χ2n) is 3.32. The van der Waals surface area contributed by atoms with Gasteiger partial charge in [0.1, 0.15) is 5.75 Å². The normalized spacial score (nSPS) is 9.33. The van der Waals surface area contributed by atoms with Gasteiger partial charge in [-0.05, 0) is 18.2 Å². The zero-order valence-corrected chi connectivity index (χ0v) is 9.71. The molecule has 0 aliphatic rings. The Bertz CT molecular complexity index is 519. The Morgan fingerprint density at radius 2 is 2.22 bits per heavy atom. The summed E-state index contributed by atoms with van der Waals surface area (Å²) in [5.41, 5.74) is 5.61. The Morgan fingerprint density at radius 1 is 1.56 bits per heavy atom. The number of primary amides is 1. The van der Waals surface area contributed by atoms with Crippen molar-refractivity contribution in [3.05, 3.63) is 23.8 Å². The first-order valence-electron chi connectivity index (χ1n) is 4.93. The lowest BCUT2D eigenvalue weighted by molar-refractivity contribution is 0.1000. The van der Waals surface area contributed by atoms with Gasteiger partial charge < -0.3 is 15.6 Å². The van der Waals surface area contributed by atoms with Gasteiger partial charge in [-0.15, -0.1) is 6.42 Å². The maximum atomic E-state index is 11.1. The molecule has 0 aliphatic heterocycles. The van der Waals surface area contributed by atoms with Crippen molar-refractivity contribution in [2.75, 3.05) is 18.6 Å². The van der Waals surface area contributed by atoms with Gasteiger partial charge in [-0.2, -0.15) is 0 Å². The standard InChI is InChI=1S/C12H12N2O4/c1-3-6-14(12(16)17)9-5-4-8(11(13)15)7-10(9)18-2/h1,4-5,7H,6H2,2H3,(H2,13,15)(H,16,17). The van der Waals surface area contributed by atoms with Crippen molar-refractivity contribution in [3.8, 4) is 18.1 Å². The number of anilines is 1. The highest BCUT2D eigenvalue weighted by Crippen LogP contribution is 2.29. The zero-order valence-electron chi connectivity index (χ0n) is 9.71. The second kappa shape index (κ2) is 5.59. The molecule has 6 heteroatoms. The first kappa shape index (κ1) is 13.4. The summed E-state index contributed by atoms with van der Waals surface area (Å²) in [7, 11) is 1.36. The smallest absolute Gasteiger partial charge is 0.412 e. The summed E-state index contributed by atoms with van der Waals surface area (Å²) in [5, 5.41) is 9.04. The number of amides is 2. The van der Waals surface area contributed by atoms with E-state index >= 15 is 0 Å². The molecule has 0 bridgehead atoms. The van der Waals surface area contributed by atoms with Gasteiger partial charge in [-0.3, -0.25) is 9.69 Å². The van der Waals surface area contributed by atoms with Crippen molar-refractivity contribution in [2.24, 2.45) is 5.73 Å². The number of ether oxygens (including phenoxy) is 1. The van der Waals surface area contributed by atoms with Gasteiger partial charge in [-0.25, -0.2) is 4.79 Å². The number of hydrogen-bond donors (Lipinski definition) is 2. The minimum atomic E-state index is -1.21. The predicted molar refractivity (Wildman–Crippen MR) is 65.7 cm³/mol. The lowest BCUT2D eigenvalue weighted by Gasteiger charge is -2.19. The second-order valence-corrected chi connectivity index (χ2v) is 3.32. The molecule has 1 rings (SSSR count). The molecular weight excluding hydrogens is 236 g/mol. The van der Waals surface area contributed by atoms with Crippen molar-refractivity contribution in [1.29, 1.82) is 0 Å².